The lowest BCUT2D eigenvalue weighted by atomic mass is 9.93. The highest BCUT2D eigenvalue weighted by Gasteiger charge is 2.33. The van der Waals surface area contributed by atoms with E-state index in [4.69, 9.17) is 4.74 Å². The number of fused-ring (bicyclic) bond motifs is 1. The van der Waals surface area contributed by atoms with Crippen molar-refractivity contribution in [2.75, 3.05) is 26.2 Å². The van der Waals surface area contributed by atoms with E-state index in [-0.39, 0.29) is 23.8 Å². The minimum absolute atomic E-state index is 0.0119. The van der Waals surface area contributed by atoms with Crippen molar-refractivity contribution in [3.63, 3.8) is 0 Å². The van der Waals surface area contributed by atoms with Crippen molar-refractivity contribution in [1.82, 2.24) is 19.8 Å². The lowest BCUT2D eigenvalue weighted by Crippen LogP contribution is -2.47. The number of carbonyl (C=O) groups excluding carboxylic acids is 2. The molecule has 8 heteroatoms. The van der Waals surface area contributed by atoms with E-state index in [1.807, 2.05) is 46.3 Å². The Hall–Kier alpha value is -4.77. The molecule has 2 aliphatic rings. The first-order valence-electron chi connectivity index (χ1n) is 14.1. The Kier molecular flexibility index (Phi) is 7.59. The van der Waals surface area contributed by atoms with Gasteiger partial charge in [-0.2, -0.15) is 5.26 Å². The molecule has 0 N–H and O–H groups in total. The van der Waals surface area contributed by atoms with Gasteiger partial charge in [0.25, 0.3) is 5.91 Å². The predicted molar refractivity (Wildman–Crippen MR) is 155 cm³/mol. The third-order valence-electron chi connectivity index (χ3n) is 8.13. The summed E-state index contributed by atoms with van der Waals surface area (Å²) in [6.07, 6.45) is 9.69. The fourth-order valence-electron chi connectivity index (χ4n) is 5.83. The van der Waals surface area contributed by atoms with E-state index in [2.05, 4.69) is 22.1 Å². The van der Waals surface area contributed by atoms with E-state index >= 15 is 0 Å². The molecule has 0 unspecified atom stereocenters. The molecule has 2 fully saturated rings. The van der Waals surface area contributed by atoms with Crippen LogP contribution in [0.25, 0.3) is 21.9 Å². The summed E-state index contributed by atoms with van der Waals surface area (Å²) in [5, 5.41) is 11.3. The zero-order chi connectivity index (χ0) is 28.2. The number of aromatic nitrogens is 2. The van der Waals surface area contributed by atoms with E-state index < -0.39 is 0 Å². The normalized spacial score (nSPS) is 16.4. The first kappa shape index (κ1) is 26.5. The van der Waals surface area contributed by atoms with Crippen LogP contribution in [0.15, 0.2) is 79.4 Å². The standard InChI is InChI=1S/C33H31N5O3/c34-20-23-3-1-4-25(17-23)28-18-26-6-12-36-22-30(26)31(19-28)41-29-9-15-38(16-10-29)32(39)24-7-13-37(14-8-24)33(40)27-5-2-11-35-21-27/h1-6,11-12,17-19,21-22,24,29H,7-10,13-16H2. The van der Waals surface area contributed by atoms with Gasteiger partial charge in [-0.05, 0) is 71.8 Å². The molecule has 8 nitrogen and oxygen atoms in total. The molecule has 206 valence electrons. The number of ether oxygens (including phenoxy) is 1. The van der Waals surface area contributed by atoms with E-state index in [9.17, 15) is 14.9 Å². The summed E-state index contributed by atoms with van der Waals surface area (Å²) in [6, 6.07) is 19.4. The lowest BCUT2D eigenvalue weighted by Gasteiger charge is -2.37. The molecular formula is C33H31N5O3. The molecule has 0 aliphatic carbocycles. The number of hydrogen-bond donors (Lipinski definition) is 0. The maximum Gasteiger partial charge on any atom is 0.255 e. The first-order valence-corrected chi connectivity index (χ1v) is 14.1. The molecule has 0 atom stereocenters. The number of piperidine rings is 2. The Balaban J connectivity index is 1.08. The fourth-order valence-corrected chi connectivity index (χ4v) is 5.83. The molecule has 2 amide bonds. The smallest absolute Gasteiger partial charge is 0.255 e. The van der Waals surface area contributed by atoms with Gasteiger partial charge in [0, 0.05) is 75.1 Å². The van der Waals surface area contributed by atoms with Crippen molar-refractivity contribution in [2.24, 2.45) is 5.92 Å². The minimum Gasteiger partial charge on any atom is -0.490 e. The number of rotatable bonds is 5. The summed E-state index contributed by atoms with van der Waals surface area (Å²) >= 11 is 0. The van der Waals surface area contributed by atoms with Crippen LogP contribution in [-0.2, 0) is 4.79 Å². The average Bonchev–Trinajstić information content (AvgIpc) is 3.05. The molecule has 0 bridgehead atoms. The average molecular weight is 546 g/mol. The van der Waals surface area contributed by atoms with Crippen LogP contribution in [0.2, 0.25) is 0 Å². The summed E-state index contributed by atoms with van der Waals surface area (Å²) in [5.74, 6) is 0.877. The quantitative estimate of drug-likeness (QED) is 0.346. The van der Waals surface area contributed by atoms with Crippen LogP contribution in [-0.4, -0.2) is 63.9 Å². The number of hydrogen-bond acceptors (Lipinski definition) is 6. The Labute approximate surface area is 239 Å². The number of benzene rings is 2. The molecule has 0 saturated carbocycles. The van der Waals surface area contributed by atoms with Crippen molar-refractivity contribution >= 4 is 22.6 Å². The summed E-state index contributed by atoms with van der Waals surface area (Å²) in [4.78, 5) is 38.2. The molecule has 4 aromatic rings. The van der Waals surface area contributed by atoms with Crippen LogP contribution in [0.4, 0.5) is 0 Å². The monoisotopic (exact) mass is 545 g/mol. The lowest BCUT2D eigenvalue weighted by molar-refractivity contribution is -0.138. The molecule has 2 aromatic heterocycles. The minimum atomic E-state index is -0.0544. The Morgan fingerprint density at radius 1 is 0.829 bits per heavy atom. The largest absolute Gasteiger partial charge is 0.490 e. The van der Waals surface area contributed by atoms with Gasteiger partial charge in [0.15, 0.2) is 0 Å². The number of pyridine rings is 2. The van der Waals surface area contributed by atoms with Gasteiger partial charge < -0.3 is 14.5 Å². The highest BCUT2D eigenvalue weighted by atomic mass is 16.5. The van der Waals surface area contributed by atoms with Crippen molar-refractivity contribution in [3.8, 4) is 22.9 Å². The van der Waals surface area contributed by atoms with Crippen LogP contribution in [0.1, 0.15) is 41.6 Å². The highest BCUT2D eigenvalue weighted by Crippen LogP contribution is 2.34. The summed E-state index contributed by atoms with van der Waals surface area (Å²) in [7, 11) is 0. The van der Waals surface area contributed by atoms with Gasteiger partial charge in [0.2, 0.25) is 5.91 Å². The van der Waals surface area contributed by atoms with Crippen molar-refractivity contribution < 1.29 is 14.3 Å². The number of amides is 2. The third-order valence-corrected chi connectivity index (χ3v) is 8.13. The number of likely N-dealkylation sites (tertiary alicyclic amines) is 2. The maximum absolute atomic E-state index is 13.3. The maximum atomic E-state index is 13.3. The van der Waals surface area contributed by atoms with E-state index in [1.165, 1.54) is 0 Å². The van der Waals surface area contributed by atoms with E-state index in [0.717, 1.165) is 40.5 Å². The molecule has 6 rings (SSSR count). The molecular weight excluding hydrogens is 514 g/mol. The van der Waals surface area contributed by atoms with Gasteiger partial charge in [0.05, 0.1) is 17.2 Å². The molecule has 0 spiro atoms. The second-order valence-corrected chi connectivity index (χ2v) is 10.7. The molecule has 0 radical (unpaired) electrons. The number of nitriles is 1. The zero-order valence-corrected chi connectivity index (χ0v) is 22.8. The molecule has 2 aliphatic heterocycles. The molecule has 4 heterocycles. The second-order valence-electron chi connectivity index (χ2n) is 10.7. The fraction of sp³-hybridized carbons (Fsp3) is 0.303. The topological polar surface area (TPSA) is 99.4 Å². The number of nitrogens with zero attached hydrogens (tertiary/aromatic N) is 5. The van der Waals surface area contributed by atoms with Gasteiger partial charge in [-0.1, -0.05) is 12.1 Å². The SMILES string of the molecule is N#Cc1cccc(-c2cc(OC3CCN(C(=O)C4CCN(C(=O)c5cccnc5)CC4)CC3)c3cnccc3c2)c1. The van der Waals surface area contributed by atoms with Crippen LogP contribution < -0.4 is 4.74 Å². The second kappa shape index (κ2) is 11.8. The van der Waals surface area contributed by atoms with Gasteiger partial charge >= 0.3 is 0 Å². The molecule has 41 heavy (non-hydrogen) atoms. The van der Waals surface area contributed by atoms with Crippen molar-refractivity contribution in [1.29, 1.82) is 5.26 Å². The molecule has 2 saturated heterocycles. The Morgan fingerprint density at radius 2 is 1.61 bits per heavy atom. The van der Waals surface area contributed by atoms with Crippen LogP contribution in [0.5, 0.6) is 5.75 Å². The van der Waals surface area contributed by atoms with Crippen molar-refractivity contribution in [3.05, 3.63) is 90.5 Å². The zero-order valence-electron chi connectivity index (χ0n) is 22.8. The third kappa shape index (κ3) is 5.75. The van der Waals surface area contributed by atoms with Crippen LogP contribution in [0.3, 0.4) is 0 Å². The predicted octanol–water partition coefficient (Wildman–Crippen LogP) is 5.09. The Morgan fingerprint density at radius 3 is 2.37 bits per heavy atom. The molecule has 2 aromatic carbocycles. The van der Waals surface area contributed by atoms with Crippen molar-refractivity contribution in [2.45, 2.75) is 31.8 Å². The van der Waals surface area contributed by atoms with Crippen LogP contribution >= 0.6 is 0 Å². The Bertz CT molecular complexity index is 1600. The summed E-state index contributed by atoms with van der Waals surface area (Å²) in [5.41, 5.74) is 3.14. The van der Waals surface area contributed by atoms with E-state index in [0.29, 0.717) is 50.1 Å². The van der Waals surface area contributed by atoms with Gasteiger partial charge in [-0.3, -0.25) is 19.6 Å². The van der Waals surface area contributed by atoms with E-state index in [1.54, 1.807) is 36.8 Å². The van der Waals surface area contributed by atoms with Gasteiger partial charge in [-0.25, -0.2) is 0 Å². The van der Waals surface area contributed by atoms with Crippen LogP contribution in [0, 0.1) is 17.2 Å². The number of carbonyl (C=O) groups is 2. The van der Waals surface area contributed by atoms with Gasteiger partial charge in [0.1, 0.15) is 11.9 Å². The summed E-state index contributed by atoms with van der Waals surface area (Å²) < 4.78 is 6.55. The summed E-state index contributed by atoms with van der Waals surface area (Å²) in [6.45, 7) is 2.47. The van der Waals surface area contributed by atoms with Gasteiger partial charge in [-0.15, -0.1) is 0 Å². The highest BCUT2D eigenvalue weighted by molar-refractivity contribution is 5.94. The first-order chi connectivity index (χ1) is 20.1.